The molecule has 2 rings (SSSR count). The van der Waals surface area contributed by atoms with E-state index in [4.69, 9.17) is 11.6 Å². The third-order valence-corrected chi connectivity index (χ3v) is 4.04. The van der Waals surface area contributed by atoms with Crippen molar-refractivity contribution < 1.29 is 0 Å². The Morgan fingerprint density at radius 3 is 2.65 bits per heavy atom. The van der Waals surface area contributed by atoms with Gasteiger partial charge in [-0.3, -0.25) is 0 Å². The zero-order chi connectivity index (χ0) is 12.3. The van der Waals surface area contributed by atoms with Crippen molar-refractivity contribution in [1.29, 1.82) is 0 Å². The molecule has 0 aliphatic carbocycles. The topological polar surface area (TPSA) is 12.0 Å². The summed E-state index contributed by atoms with van der Waals surface area (Å²) in [5.41, 5.74) is 1.76. The highest BCUT2D eigenvalue weighted by molar-refractivity contribution is 6.30. The van der Waals surface area contributed by atoms with E-state index >= 15 is 0 Å². The minimum Gasteiger partial charge on any atom is -0.315 e. The fourth-order valence-electron chi connectivity index (χ4n) is 2.62. The van der Waals surface area contributed by atoms with E-state index in [2.05, 4.69) is 37.4 Å². The van der Waals surface area contributed by atoms with Crippen molar-refractivity contribution in [2.24, 2.45) is 5.92 Å². The highest BCUT2D eigenvalue weighted by Crippen LogP contribution is 2.35. The second-order valence-electron chi connectivity index (χ2n) is 5.68. The van der Waals surface area contributed by atoms with E-state index in [1.807, 2.05) is 6.07 Å². The highest BCUT2D eigenvalue weighted by Gasteiger charge is 2.37. The van der Waals surface area contributed by atoms with Gasteiger partial charge in [0, 0.05) is 23.5 Å². The minimum absolute atomic E-state index is 0.347. The lowest BCUT2D eigenvalue weighted by Gasteiger charge is -2.43. The Bertz CT molecular complexity index is 369. The number of rotatable bonds is 5. The van der Waals surface area contributed by atoms with E-state index in [0.29, 0.717) is 5.41 Å². The summed E-state index contributed by atoms with van der Waals surface area (Å²) in [6.45, 7) is 6.80. The number of halogens is 1. The Morgan fingerprint density at radius 2 is 2.12 bits per heavy atom. The predicted octanol–water partition coefficient (Wildman–Crippen LogP) is 4.01. The van der Waals surface area contributed by atoms with Gasteiger partial charge < -0.3 is 5.32 Å². The lowest BCUT2D eigenvalue weighted by atomic mass is 9.71. The van der Waals surface area contributed by atoms with Crippen LogP contribution >= 0.6 is 11.6 Å². The molecule has 1 aliphatic rings. The van der Waals surface area contributed by atoms with Gasteiger partial charge in [0.2, 0.25) is 0 Å². The maximum absolute atomic E-state index is 6.10. The molecule has 0 aromatic heterocycles. The van der Waals surface area contributed by atoms with Gasteiger partial charge >= 0.3 is 0 Å². The van der Waals surface area contributed by atoms with Crippen LogP contribution in [0.3, 0.4) is 0 Å². The Labute approximate surface area is 110 Å². The maximum atomic E-state index is 6.10. The van der Waals surface area contributed by atoms with Gasteiger partial charge in [-0.2, -0.15) is 0 Å². The zero-order valence-corrected chi connectivity index (χ0v) is 11.6. The van der Waals surface area contributed by atoms with Crippen molar-refractivity contribution in [3.8, 4) is 0 Å². The summed E-state index contributed by atoms with van der Waals surface area (Å²) in [6, 6.07) is 8.39. The number of benzene rings is 1. The lowest BCUT2D eigenvalue weighted by molar-refractivity contribution is 0.246. The molecule has 0 amide bonds. The van der Waals surface area contributed by atoms with Crippen LogP contribution in [0.2, 0.25) is 5.02 Å². The molecule has 0 bridgehead atoms. The first-order valence-corrected chi connectivity index (χ1v) is 6.97. The van der Waals surface area contributed by atoms with E-state index < -0.39 is 0 Å². The van der Waals surface area contributed by atoms with Gasteiger partial charge in [0.05, 0.1) is 0 Å². The summed E-state index contributed by atoms with van der Waals surface area (Å²) >= 11 is 6.10. The predicted molar refractivity (Wildman–Crippen MR) is 74.7 cm³/mol. The van der Waals surface area contributed by atoms with Crippen LogP contribution in [0.1, 0.15) is 38.7 Å². The average molecular weight is 252 g/mol. The standard InChI is InChI=1S/C15H22ClN/c1-12(2)5-4-8-15(10-17-11-15)13-6-3-7-14(16)9-13/h3,6-7,9,12,17H,4-5,8,10-11H2,1-2H3. The van der Waals surface area contributed by atoms with Gasteiger partial charge in [-0.05, 0) is 30.0 Å². The van der Waals surface area contributed by atoms with E-state index in [1.54, 1.807) is 0 Å². The largest absolute Gasteiger partial charge is 0.315 e. The second-order valence-corrected chi connectivity index (χ2v) is 6.12. The van der Waals surface area contributed by atoms with Crippen molar-refractivity contribution in [1.82, 2.24) is 5.32 Å². The maximum Gasteiger partial charge on any atom is 0.0408 e. The van der Waals surface area contributed by atoms with Crippen LogP contribution in [-0.4, -0.2) is 13.1 Å². The molecule has 1 nitrogen and oxygen atoms in total. The van der Waals surface area contributed by atoms with Gasteiger partial charge in [-0.25, -0.2) is 0 Å². The molecule has 0 unspecified atom stereocenters. The van der Waals surface area contributed by atoms with Crippen LogP contribution in [0.4, 0.5) is 0 Å². The number of hydrogen-bond donors (Lipinski definition) is 1. The molecule has 17 heavy (non-hydrogen) atoms. The van der Waals surface area contributed by atoms with Crippen molar-refractivity contribution >= 4 is 11.6 Å². The zero-order valence-electron chi connectivity index (χ0n) is 10.8. The van der Waals surface area contributed by atoms with Crippen LogP contribution in [-0.2, 0) is 5.41 Å². The van der Waals surface area contributed by atoms with Crippen molar-refractivity contribution in [2.75, 3.05) is 13.1 Å². The van der Waals surface area contributed by atoms with Crippen molar-refractivity contribution in [2.45, 2.75) is 38.5 Å². The third-order valence-electron chi connectivity index (χ3n) is 3.80. The molecule has 1 saturated heterocycles. The molecular formula is C15H22ClN. The van der Waals surface area contributed by atoms with Crippen LogP contribution in [0.15, 0.2) is 24.3 Å². The SMILES string of the molecule is CC(C)CCCC1(c2cccc(Cl)c2)CNC1. The van der Waals surface area contributed by atoms with Gasteiger partial charge in [-0.15, -0.1) is 0 Å². The Morgan fingerprint density at radius 1 is 1.35 bits per heavy atom. The van der Waals surface area contributed by atoms with Crippen LogP contribution < -0.4 is 5.32 Å². The molecule has 94 valence electrons. The lowest BCUT2D eigenvalue weighted by Crippen LogP contribution is -2.56. The fraction of sp³-hybridized carbons (Fsp3) is 0.600. The summed E-state index contributed by atoms with van der Waals surface area (Å²) in [7, 11) is 0. The van der Waals surface area contributed by atoms with Crippen molar-refractivity contribution in [3.63, 3.8) is 0 Å². The van der Waals surface area contributed by atoms with Crippen LogP contribution in [0.5, 0.6) is 0 Å². The molecule has 1 aromatic carbocycles. The van der Waals surface area contributed by atoms with Crippen LogP contribution in [0, 0.1) is 5.92 Å². The van der Waals surface area contributed by atoms with Gasteiger partial charge in [0.1, 0.15) is 0 Å². The molecular weight excluding hydrogens is 230 g/mol. The van der Waals surface area contributed by atoms with E-state index in [0.717, 1.165) is 24.0 Å². The molecule has 1 aromatic rings. The Balaban J connectivity index is 2.04. The molecule has 1 aliphatic heterocycles. The summed E-state index contributed by atoms with van der Waals surface area (Å²) in [5, 5.41) is 4.27. The number of hydrogen-bond acceptors (Lipinski definition) is 1. The average Bonchev–Trinajstić information content (AvgIpc) is 2.21. The summed E-state index contributed by atoms with van der Waals surface area (Å²) in [6.07, 6.45) is 3.91. The molecule has 2 heteroatoms. The fourth-order valence-corrected chi connectivity index (χ4v) is 2.81. The van der Waals surface area contributed by atoms with Crippen molar-refractivity contribution in [3.05, 3.63) is 34.9 Å². The summed E-state index contributed by atoms with van der Waals surface area (Å²) in [5.74, 6) is 0.805. The van der Waals surface area contributed by atoms with Crippen LogP contribution in [0.25, 0.3) is 0 Å². The minimum atomic E-state index is 0.347. The molecule has 0 atom stereocenters. The highest BCUT2D eigenvalue weighted by atomic mass is 35.5. The monoisotopic (exact) mass is 251 g/mol. The molecule has 0 radical (unpaired) electrons. The molecule has 1 fully saturated rings. The first-order valence-electron chi connectivity index (χ1n) is 6.59. The molecule has 0 spiro atoms. The first-order chi connectivity index (χ1) is 8.12. The smallest absolute Gasteiger partial charge is 0.0408 e. The first kappa shape index (κ1) is 12.9. The Kier molecular flexibility index (Phi) is 4.11. The number of nitrogens with one attached hydrogen (secondary N) is 1. The second kappa shape index (κ2) is 5.41. The van der Waals surface area contributed by atoms with Gasteiger partial charge in [0.15, 0.2) is 0 Å². The van der Waals surface area contributed by atoms with E-state index in [-0.39, 0.29) is 0 Å². The normalized spacial score (nSPS) is 18.1. The molecule has 1 N–H and O–H groups in total. The Hall–Kier alpha value is -0.530. The van der Waals surface area contributed by atoms with Gasteiger partial charge in [-0.1, -0.05) is 50.4 Å². The van der Waals surface area contributed by atoms with Gasteiger partial charge in [0.25, 0.3) is 0 Å². The van der Waals surface area contributed by atoms with E-state index in [9.17, 15) is 0 Å². The van der Waals surface area contributed by atoms with E-state index in [1.165, 1.54) is 24.8 Å². The molecule has 1 heterocycles. The molecule has 0 saturated carbocycles. The summed E-state index contributed by atoms with van der Waals surface area (Å²) in [4.78, 5) is 0. The summed E-state index contributed by atoms with van der Waals surface area (Å²) < 4.78 is 0. The third kappa shape index (κ3) is 3.02. The quantitative estimate of drug-likeness (QED) is 0.834.